The van der Waals surface area contributed by atoms with Crippen LogP contribution in [0.2, 0.25) is 0 Å². The predicted molar refractivity (Wildman–Crippen MR) is 80.0 cm³/mol. The number of hydrogen-bond acceptors (Lipinski definition) is 3. The molecule has 2 aromatic rings. The molecule has 0 fully saturated rings. The lowest BCUT2D eigenvalue weighted by Crippen LogP contribution is -2.31. The highest BCUT2D eigenvalue weighted by Crippen LogP contribution is 2.29. The molecule has 0 amide bonds. The summed E-state index contributed by atoms with van der Waals surface area (Å²) < 4.78 is 5.97. The highest BCUT2D eigenvalue weighted by atomic mass is 16.5. The van der Waals surface area contributed by atoms with Crippen molar-refractivity contribution in [1.82, 2.24) is 10.3 Å². The van der Waals surface area contributed by atoms with Gasteiger partial charge in [0.05, 0.1) is 0 Å². The lowest BCUT2D eigenvalue weighted by molar-refractivity contribution is 0.222. The van der Waals surface area contributed by atoms with E-state index in [0.29, 0.717) is 0 Å². The van der Waals surface area contributed by atoms with Gasteiger partial charge in [-0.25, -0.2) is 0 Å². The van der Waals surface area contributed by atoms with Crippen LogP contribution in [-0.2, 0) is 6.42 Å². The van der Waals surface area contributed by atoms with Crippen LogP contribution in [0.5, 0.6) is 5.75 Å². The fourth-order valence-corrected chi connectivity index (χ4v) is 2.62. The third-order valence-corrected chi connectivity index (χ3v) is 3.79. The molecular weight excluding hydrogens is 248 g/mol. The number of fused-ring (bicyclic) bond motifs is 1. The lowest BCUT2D eigenvalue weighted by atomic mass is 10.1. The van der Waals surface area contributed by atoms with E-state index in [1.54, 1.807) is 6.20 Å². The Hall–Kier alpha value is -1.87. The molecule has 1 aromatic carbocycles. The molecule has 0 bridgehead atoms. The molecule has 2 atom stereocenters. The summed E-state index contributed by atoms with van der Waals surface area (Å²) in [5, 5.41) is 3.53. The van der Waals surface area contributed by atoms with E-state index in [-0.39, 0.29) is 12.1 Å². The van der Waals surface area contributed by atoms with Gasteiger partial charge in [0.15, 0.2) is 0 Å². The number of rotatable bonds is 4. The van der Waals surface area contributed by atoms with E-state index in [4.69, 9.17) is 4.74 Å². The van der Waals surface area contributed by atoms with Crippen molar-refractivity contribution in [1.29, 1.82) is 0 Å². The van der Waals surface area contributed by atoms with Crippen molar-refractivity contribution in [3.05, 3.63) is 59.4 Å². The minimum Gasteiger partial charge on any atom is -0.488 e. The van der Waals surface area contributed by atoms with Crippen molar-refractivity contribution in [2.45, 2.75) is 32.4 Å². The summed E-state index contributed by atoms with van der Waals surface area (Å²) in [6.45, 7) is 5.13. The fourth-order valence-electron chi connectivity index (χ4n) is 2.62. The Morgan fingerprint density at radius 1 is 1.40 bits per heavy atom. The van der Waals surface area contributed by atoms with Gasteiger partial charge < -0.3 is 10.1 Å². The summed E-state index contributed by atoms with van der Waals surface area (Å²) in [5.41, 5.74) is 3.83. The molecule has 0 aliphatic carbocycles. The van der Waals surface area contributed by atoms with Gasteiger partial charge in [0.2, 0.25) is 0 Å². The van der Waals surface area contributed by atoms with Gasteiger partial charge in [0.25, 0.3) is 0 Å². The number of nitrogens with zero attached hydrogens (tertiary/aromatic N) is 1. The lowest BCUT2D eigenvalue weighted by Gasteiger charge is -2.17. The molecule has 1 aromatic heterocycles. The highest BCUT2D eigenvalue weighted by molar-refractivity contribution is 5.40. The first-order chi connectivity index (χ1) is 9.72. The van der Waals surface area contributed by atoms with Crippen LogP contribution in [0.1, 0.15) is 29.7 Å². The Balaban J connectivity index is 1.56. The molecule has 1 aliphatic heterocycles. The van der Waals surface area contributed by atoms with Crippen molar-refractivity contribution in [2.75, 3.05) is 6.54 Å². The maximum Gasteiger partial charge on any atom is 0.123 e. The van der Waals surface area contributed by atoms with Crippen molar-refractivity contribution in [2.24, 2.45) is 0 Å². The quantitative estimate of drug-likeness (QED) is 0.925. The molecule has 20 heavy (non-hydrogen) atoms. The molecule has 3 heteroatoms. The SMILES string of the molecule is Cc1ccc2c(c1)CC(CN[C@H](C)c1cccnc1)O2. The van der Waals surface area contributed by atoms with Crippen LogP contribution in [0.25, 0.3) is 0 Å². The van der Waals surface area contributed by atoms with Crippen LogP contribution in [0.3, 0.4) is 0 Å². The first kappa shape index (κ1) is 13.1. The minimum absolute atomic E-state index is 0.228. The first-order valence-electron chi connectivity index (χ1n) is 7.12. The van der Waals surface area contributed by atoms with Gasteiger partial charge in [-0.3, -0.25) is 4.98 Å². The van der Waals surface area contributed by atoms with Crippen LogP contribution in [0.4, 0.5) is 0 Å². The average molecular weight is 268 g/mol. The number of benzene rings is 1. The van der Waals surface area contributed by atoms with E-state index in [0.717, 1.165) is 18.7 Å². The molecule has 1 N–H and O–H groups in total. The Bertz CT molecular complexity index is 583. The normalized spacial score (nSPS) is 18.4. The number of nitrogens with one attached hydrogen (secondary N) is 1. The highest BCUT2D eigenvalue weighted by Gasteiger charge is 2.23. The topological polar surface area (TPSA) is 34.2 Å². The second kappa shape index (κ2) is 5.63. The molecule has 0 radical (unpaired) electrons. The maximum absolute atomic E-state index is 5.97. The summed E-state index contributed by atoms with van der Waals surface area (Å²) >= 11 is 0. The fraction of sp³-hybridized carbons (Fsp3) is 0.353. The first-order valence-corrected chi connectivity index (χ1v) is 7.12. The number of ether oxygens (including phenoxy) is 1. The zero-order chi connectivity index (χ0) is 13.9. The zero-order valence-electron chi connectivity index (χ0n) is 12.0. The molecule has 0 saturated carbocycles. The molecular formula is C17H20N2O. The molecule has 104 valence electrons. The van der Waals surface area contributed by atoms with Crippen LogP contribution in [0.15, 0.2) is 42.7 Å². The van der Waals surface area contributed by atoms with Gasteiger partial charge in [-0.05, 0) is 37.1 Å². The van der Waals surface area contributed by atoms with Gasteiger partial charge in [-0.2, -0.15) is 0 Å². The number of pyridine rings is 1. The van der Waals surface area contributed by atoms with E-state index in [1.807, 2.05) is 12.3 Å². The summed E-state index contributed by atoms with van der Waals surface area (Å²) in [5.74, 6) is 1.04. The van der Waals surface area contributed by atoms with Crippen molar-refractivity contribution >= 4 is 0 Å². The second-order valence-electron chi connectivity index (χ2n) is 5.47. The molecule has 1 unspecified atom stereocenters. The predicted octanol–water partition coefficient (Wildman–Crippen LogP) is 3.04. The molecule has 3 nitrogen and oxygen atoms in total. The van der Waals surface area contributed by atoms with E-state index >= 15 is 0 Å². The van der Waals surface area contributed by atoms with Gasteiger partial charge in [-0.1, -0.05) is 23.8 Å². The minimum atomic E-state index is 0.228. The van der Waals surface area contributed by atoms with Crippen molar-refractivity contribution < 1.29 is 4.74 Å². The summed E-state index contributed by atoms with van der Waals surface area (Å²) in [6.07, 6.45) is 4.93. The van der Waals surface area contributed by atoms with Crippen LogP contribution < -0.4 is 10.1 Å². The molecule has 2 heterocycles. The zero-order valence-corrected chi connectivity index (χ0v) is 12.0. The van der Waals surface area contributed by atoms with Crippen molar-refractivity contribution in [3.63, 3.8) is 0 Å². The Labute approximate surface area is 120 Å². The second-order valence-corrected chi connectivity index (χ2v) is 5.47. The van der Waals surface area contributed by atoms with Gasteiger partial charge in [-0.15, -0.1) is 0 Å². The smallest absolute Gasteiger partial charge is 0.123 e. The number of hydrogen-bond donors (Lipinski definition) is 1. The molecule has 0 saturated heterocycles. The Morgan fingerprint density at radius 2 is 2.30 bits per heavy atom. The largest absolute Gasteiger partial charge is 0.488 e. The molecule has 1 aliphatic rings. The van der Waals surface area contributed by atoms with Crippen LogP contribution >= 0.6 is 0 Å². The third-order valence-electron chi connectivity index (χ3n) is 3.79. The Morgan fingerprint density at radius 3 is 3.10 bits per heavy atom. The van der Waals surface area contributed by atoms with E-state index in [2.05, 4.69) is 48.4 Å². The Kier molecular flexibility index (Phi) is 3.70. The van der Waals surface area contributed by atoms with Gasteiger partial charge >= 0.3 is 0 Å². The summed E-state index contributed by atoms with van der Waals surface area (Å²) in [6, 6.07) is 10.8. The van der Waals surface area contributed by atoms with Gasteiger partial charge in [0, 0.05) is 31.4 Å². The number of aromatic nitrogens is 1. The maximum atomic E-state index is 5.97. The van der Waals surface area contributed by atoms with Crippen molar-refractivity contribution in [3.8, 4) is 5.75 Å². The summed E-state index contributed by atoms with van der Waals surface area (Å²) in [4.78, 5) is 4.16. The average Bonchev–Trinajstić information content (AvgIpc) is 2.87. The number of aryl methyl sites for hydroxylation is 1. The van der Waals surface area contributed by atoms with E-state index in [1.165, 1.54) is 16.7 Å². The molecule has 0 spiro atoms. The summed E-state index contributed by atoms with van der Waals surface area (Å²) in [7, 11) is 0. The van der Waals surface area contributed by atoms with Crippen LogP contribution in [-0.4, -0.2) is 17.6 Å². The van der Waals surface area contributed by atoms with E-state index < -0.39 is 0 Å². The monoisotopic (exact) mass is 268 g/mol. The third kappa shape index (κ3) is 2.83. The standard InChI is InChI=1S/C17H20N2O/c1-12-5-6-17-15(8-12)9-16(20-17)11-19-13(2)14-4-3-7-18-10-14/h3-8,10,13,16,19H,9,11H2,1-2H3/t13-,16?/m1/s1. The van der Waals surface area contributed by atoms with Crippen LogP contribution in [0, 0.1) is 6.92 Å². The molecule has 3 rings (SSSR count). The van der Waals surface area contributed by atoms with E-state index in [9.17, 15) is 0 Å². The van der Waals surface area contributed by atoms with Gasteiger partial charge in [0.1, 0.15) is 11.9 Å².